The SMILES string of the molecule is CC(C)N(C(=O)c1cccc(CCC(=O)O)c1)[C@@H](C)[C@H](O)c1cc(C(F)(F)F)cc(C(F)(F)F)c1. The smallest absolute Gasteiger partial charge is 0.416 e. The summed E-state index contributed by atoms with van der Waals surface area (Å²) < 4.78 is 79.4. The first kappa shape index (κ1) is 28.2. The van der Waals surface area contributed by atoms with Gasteiger partial charge in [0.05, 0.1) is 23.3 Å². The highest BCUT2D eigenvalue weighted by Crippen LogP contribution is 2.38. The maximum absolute atomic E-state index is 13.2. The molecule has 2 N–H and O–H groups in total. The fraction of sp³-hybridized carbons (Fsp3) is 0.417. The predicted octanol–water partition coefficient (Wildman–Crippen LogP) is 5.71. The lowest BCUT2D eigenvalue weighted by Gasteiger charge is -2.36. The molecule has 0 fully saturated rings. The minimum atomic E-state index is -5.08. The van der Waals surface area contributed by atoms with Crippen LogP contribution in [0.1, 0.15) is 65.9 Å². The number of benzene rings is 2. The van der Waals surface area contributed by atoms with E-state index in [4.69, 9.17) is 5.11 Å². The van der Waals surface area contributed by atoms with Crippen molar-refractivity contribution in [2.24, 2.45) is 0 Å². The molecule has 0 heterocycles. The highest BCUT2D eigenvalue weighted by molar-refractivity contribution is 5.94. The van der Waals surface area contributed by atoms with Gasteiger partial charge in [0.2, 0.25) is 0 Å². The largest absolute Gasteiger partial charge is 0.481 e. The summed E-state index contributed by atoms with van der Waals surface area (Å²) in [7, 11) is 0. The molecule has 192 valence electrons. The number of hydrogen-bond donors (Lipinski definition) is 2. The second kappa shape index (κ2) is 10.7. The first-order valence-corrected chi connectivity index (χ1v) is 10.6. The normalized spacial score (nSPS) is 14.0. The minimum Gasteiger partial charge on any atom is -0.481 e. The third kappa shape index (κ3) is 7.20. The molecule has 0 aliphatic carbocycles. The van der Waals surface area contributed by atoms with Gasteiger partial charge in [-0.15, -0.1) is 0 Å². The fourth-order valence-corrected chi connectivity index (χ4v) is 3.73. The number of carboxylic acids is 1. The van der Waals surface area contributed by atoms with Crippen LogP contribution in [0.25, 0.3) is 0 Å². The molecule has 11 heteroatoms. The number of hydrogen-bond acceptors (Lipinski definition) is 3. The molecule has 0 aliphatic heterocycles. The summed E-state index contributed by atoms with van der Waals surface area (Å²) in [4.78, 5) is 25.2. The Labute approximate surface area is 198 Å². The summed E-state index contributed by atoms with van der Waals surface area (Å²) in [6, 6.07) is 5.13. The van der Waals surface area contributed by atoms with E-state index in [1.54, 1.807) is 19.9 Å². The number of alkyl halides is 6. The van der Waals surface area contributed by atoms with Gasteiger partial charge in [-0.2, -0.15) is 26.3 Å². The molecule has 0 aliphatic rings. The molecule has 0 saturated carbocycles. The Bertz CT molecular complexity index is 1030. The molecule has 2 rings (SSSR count). The lowest BCUT2D eigenvalue weighted by Crippen LogP contribution is -2.46. The molecule has 1 amide bonds. The van der Waals surface area contributed by atoms with Crippen molar-refractivity contribution < 1.29 is 46.1 Å². The number of aliphatic carboxylic acids is 1. The van der Waals surface area contributed by atoms with Gasteiger partial charge in [-0.05, 0) is 68.7 Å². The molecule has 35 heavy (non-hydrogen) atoms. The molecule has 0 saturated heterocycles. The van der Waals surface area contributed by atoms with E-state index in [9.17, 15) is 41.0 Å². The van der Waals surface area contributed by atoms with Crippen LogP contribution >= 0.6 is 0 Å². The van der Waals surface area contributed by atoms with Gasteiger partial charge in [-0.25, -0.2) is 0 Å². The number of aryl methyl sites for hydroxylation is 1. The zero-order valence-corrected chi connectivity index (χ0v) is 19.1. The van der Waals surface area contributed by atoms with E-state index < -0.39 is 59.1 Å². The van der Waals surface area contributed by atoms with Gasteiger partial charge < -0.3 is 15.1 Å². The summed E-state index contributed by atoms with van der Waals surface area (Å²) >= 11 is 0. The van der Waals surface area contributed by atoms with Crippen LogP contribution < -0.4 is 0 Å². The van der Waals surface area contributed by atoms with E-state index >= 15 is 0 Å². The number of carbonyl (C=O) groups is 2. The third-order valence-corrected chi connectivity index (χ3v) is 5.44. The Kier molecular flexibility index (Phi) is 8.59. The highest BCUT2D eigenvalue weighted by Gasteiger charge is 2.39. The molecular formula is C24H25F6NO4. The van der Waals surface area contributed by atoms with Gasteiger partial charge in [0.25, 0.3) is 5.91 Å². The average Bonchev–Trinajstić information content (AvgIpc) is 2.75. The number of aliphatic hydroxyl groups excluding tert-OH is 1. The second-order valence-corrected chi connectivity index (χ2v) is 8.42. The van der Waals surface area contributed by atoms with Gasteiger partial charge in [0.1, 0.15) is 0 Å². The van der Waals surface area contributed by atoms with Gasteiger partial charge >= 0.3 is 18.3 Å². The van der Waals surface area contributed by atoms with Gasteiger partial charge in [-0.3, -0.25) is 9.59 Å². The number of amides is 1. The first-order valence-electron chi connectivity index (χ1n) is 10.6. The van der Waals surface area contributed by atoms with Crippen molar-refractivity contribution in [3.05, 3.63) is 70.3 Å². The van der Waals surface area contributed by atoms with Crippen LogP contribution in [0.4, 0.5) is 26.3 Å². The van der Waals surface area contributed by atoms with Gasteiger partial charge in [0.15, 0.2) is 0 Å². The molecule has 0 bridgehead atoms. The first-order chi connectivity index (χ1) is 16.0. The molecule has 5 nitrogen and oxygen atoms in total. The van der Waals surface area contributed by atoms with E-state index in [1.165, 1.54) is 25.1 Å². The Morgan fingerprint density at radius 1 is 0.914 bits per heavy atom. The summed E-state index contributed by atoms with van der Waals surface area (Å²) in [5.74, 6) is -1.65. The lowest BCUT2D eigenvalue weighted by molar-refractivity contribution is -0.143. The van der Waals surface area contributed by atoms with E-state index in [0.717, 1.165) is 4.90 Å². The number of aliphatic hydroxyl groups is 1. The monoisotopic (exact) mass is 505 g/mol. The average molecular weight is 505 g/mol. The van der Waals surface area contributed by atoms with Crippen LogP contribution in [0, 0.1) is 0 Å². The summed E-state index contributed by atoms with van der Waals surface area (Å²) in [5.41, 5.74) is -3.07. The molecular weight excluding hydrogens is 480 g/mol. The molecule has 2 aromatic rings. The Morgan fingerprint density at radius 2 is 1.46 bits per heavy atom. The van der Waals surface area contributed by atoms with Crippen molar-refractivity contribution in [2.45, 2.75) is 64.2 Å². The summed E-state index contributed by atoms with van der Waals surface area (Å²) in [6.07, 6.45) is -12.0. The van der Waals surface area contributed by atoms with Crippen LogP contribution in [-0.2, 0) is 23.6 Å². The molecule has 0 aromatic heterocycles. The van der Waals surface area contributed by atoms with E-state index in [-0.39, 0.29) is 24.5 Å². The molecule has 0 spiro atoms. The molecule has 2 aromatic carbocycles. The lowest BCUT2D eigenvalue weighted by atomic mass is 9.95. The number of carbonyl (C=O) groups excluding carboxylic acids is 1. The van der Waals surface area contributed by atoms with Crippen molar-refractivity contribution in [2.75, 3.05) is 0 Å². The standard InChI is InChI=1S/C24H25F6NO4/c1-13(2)31(22(35)16-6-4-5-15(9-16)7-8-20(32)33)14(3)21(34)17-10-18(23(25,26)27)12-19(11-17)24(28,29)30/h4-6,9-14,21,34H,7-8H2,1-3H3,(H,32,33)/t14-,21-/m0/s1. The van der Waals surface area contributed by atoms with E-state index in [2.05, 4.69) is 0 Å². The van der Waals surface area contributed by atoms with E-state index in [1.807, 2.05) is 0 Å². The van der Waals surface area contributed by atoms with Gasteiger partial charge in [-0.1, -0.05) is 12.1 Å². The quantitative estimate of drug-likeness (QED) is 0.451. The maximum atomic E-state index is 13.2. The van der Waals surface area contributed by atoms with Crippen molar-refractivity contribution in [1.29, 1.82) is 0 Å². The van der Waals surface area contributed by atoms with Crippen LogP contribution in [0.3, 0.4) is 0 Å². The van der Waals surface area contributed by atoms with Crippen LogP contribution in [0.15, 0.2) is 42.5 Å². The molecule has 0 unspecified atom stereocenters. The summed E-state index contributed by atoms with van der Waals surface area (Å²) in [5, 5.41) is 19.6. The van der Waals surface area contributed by atoms with Gasteiger partial charge in [0, 0.05) is 18.0 Å². The van der Waals surface area contributed by atoms with Crippen molar-refractivity contribution >= 4 is 11.9 Å². The Morgan fingerprint density at radius 3 is 1.91 bits per heavy atom. The Balaban J connectivity index is 2.44. The van der Waals surface area contributed by atoms with E-state index in [0.29, 0.717) is 17.7 Å². The maximum Gasteiger partial charge on any atom is 0.416 e. The van der Waals surface area contributed by atoms with Crippen LogP contribution in [0.5, 0.6) is 0 Å². The van der Waals surface area contributed by atoms with Crippen molar-refractivity contribution in [3.63, 3.8) is 0 Å². The molecule has 2 atom stereocenters. The number of halogens is 6. The topological polar surface area (TPSA) is 77.8 Å². The zero-order chi connectivity index (χ0) is 26.7. The van der Waals surface area contributed by atoms with Crippen LogP contribution in [-0.4, -0.2) is 39.1 Å². The number of rotatable bonds is 8. The second-order valence-electron chi connectivity index (χ2n) is 8.42. The summed E-state index contributed by atoms with van der Waals surface area (Å²) in [6.45, 7) is 4.50. The van der Waals surface area contributed by atoms with Crippen molar-refractivity contribution in [1.82, 2.24) is 4.90 Å². The minimum absolute atomic E-state index is 0.0329. The van der Waals surface area contributed by atoms with Crippen molar-refractivity contribution in [3.8, 4) is 0 Å². The fourth-order valence-electron chi connectivity index (χ4n) is 3.73. The predicted molar refractivity (Wildman–Crippen MR) is 115 cm³/mol. The third-order valence-electron chi connectivity index (χ3n) is 5.44. The Hall–Kier alpha value is -3.08. The molecule has 0 radical (unpaired) electrons. The highest BCUT2D eigenvalue weighted by atomic mass is 19.4. The number of nitrogens with zero attached hydrogens (tertiary/aromatic N) is 1. The van der Waals surface area contributed by atoms with Crippen LogP contribution in [0.2, 0.25) is 0 Å². The number of carboxylic acid groups (broad SMARTS) is 1. The zero-order valence-electron chi connectivity index (χ0n) is 19.1.